The van der Waals surface area contributed by atoms with E-state index in [1.165, 1.54) is 13.5 Å². The minimum Gasteiger partial charge on any atom is -0.465 e. The number of aliphatic hydroxyl groups is 1. The third-order valence-electron chi connectivity index (χ3n) is 8.16. The highest BCUT2D eigenvalue weighted by Crippen LogP contribution is 2.21. The molecule has 4 N–H and O–H groups in total. The van der Waals surface area contributed by atoms with Crippen LogP contribution in [0.15, 0.2) is 103 Å². The van der Waals surface area contributed by atoms with Gasteiger partial charge in [0.15, 0.2) is 0 Å². The molecule has 0 spiro atoms. The Kier molecular flexibility index (Phi) is 40.9. The van der Waals surface area contributed by atoms with Gasteiger partial charge in [-0.3, -0.25) is 9.59 Å². The number of aliphatic hydroxyl groups excluding tert-OH is 1. The zero-order valence-corrected chi connectivity index (χ0v) is 39.1. The number of nitrogens with one attached hydrogen (secondary N) is 3. The van der Waals surface area contributed by atoms with Crippen LogP contribution < -0.4 is 16.0 Å². The van der Waals surface area contributed by atoms with E-state index in [0.29, 0.717) is 69.4 Å². The van der Waals surface area contributed by atoms with Crippen LogP contribution in [0.5, 0.6) is 0 Å². The first-order valence-electron chi connectivity index (χ1n) is 21.7. The van der Waals surface area contributed by atoms with Crippen molar-refractivity contribution in [2.45, 2.75) is 85.6 Å². The van der Waals surface area contributed by atoms with Crippen LogP contribution in [-0.4, -0.2) is 110 Å². The van der Waals surface area contributed by atoms with Crippen molar-refractivity contribution in [2.24, 2.45) is 0 Å². The highest BCUT2D eigenvalue weighted by molar-refractivity contribution is 6.00. The Morgan fingerprint density at radius 1 is 0.855 bits per heavy atom. The standard InChI is InChI=1S/C26H33N3O3.C20H34O5.C3H8.CH4O/c1-5-21(29-25(30)23-18-22(28-6-2)16-17-24(23)27-3)11-9-7-8-10-19-12-14-20(15-13-19)26(31)32-4;1-4-7-20(18-21)17-19(3)8-6-10-23-12-14-25-16-15-24-13-11-22-9-5-2;1-3-2;1-2/h5,7,9,12-18,21,27-28H,1,6,8,10-11H2,2-4H3,(H,29,30);4,7,17-18H,3,5-6,8-16H2,1-2H3;3H2,1-2H3;2H,1H3/b9-7+;7-4-,20-17+;;. The second-order valence-electron chi connectivity index (χ2n) is 13.5. The van der Waals surface area contributed by atoms with Gasteiger partial charge in [-0.1, -0.05) is 81.9 Å². The molecule has 0 aromatic heterocycles. The van der Waals surface area contributed by atoms with Crippen molar-refractivity contribution in [1.82, 2.24) is 5.32 Å². The summed E-state index contributed by atoms with van der Waals surface area (Å²) in [5, 5.41) is 16.3. The van der Waals surface area contributed by atoms with E-state index in [-0.39, 0.29) is 17.9 Å². The van der Waals surface area contributed by atoms with Crippen LogP contribution in [-0.2, 0) is 34.9 Å². The molecule has 0 radical (unpaired) electrons. The smallest absolute Gasteiger partial charge is 0.337 e. The van der Waals surface area contributed by atoms with Gasteiger partial charge in [-0.2, -0.15) is 0 Å². The van der Waals surface area contributed by atoms with Gasteiger partial charge >= 0.3 is 5.97 Å². The number of aryl methyl sites for hydroxylation is 1. The van der Waals surface area contributed by atoms with Gasteiger partial charge in [-0.15, -0.1) is 6.58 Å². The second-order valence-corrected chi connectivity index (χ2v) is 13.5. The van der Waals surface area contributed by atoms with Crippen molar-refractivity contribution in [2.75, 3.05) is 91.3 Å². The number of rotatable bonds is 30. The molecule has 0 aliphatic heterocycles. The number of hydrogen-bond acceptors (Lipinski definition) is 11. The molecular formula is C50H79N3O9. The average molecular weight is 866 g/mol. The van der Waals surface area contributed by atoms with Crippen molar-refractivity contribution in [3.05, 3.63) is 120 Å². The van der Waals surface area contributed by atoms with Gasteiger partial charge in [-0.25, -0.2) is 4.79 Å². The summed E-state index contributed by atoms with van der Waals surface area (Å²) < 4.78 is 26.3. The lowest BCUT2D eigenvalue weighted by atomic mass is 10.1. The highest BCUT2D eigenvalue weighted by Gasteiger charge is 2.14. The number of hydrogen-bond donors (Lipinski definition) is 4. The van der Waals surface area contributed by atoms with Gasteiger partial charge in [0.05, 0.1) is 63.9 Å². The number of allylic oxidation sites excluding steroid dienone is 6. The molecule has 2 aromatic rings. The number of carbonyl (C=O) groups is 3. The topological polar surface area (TPSA) is 154 Å². The fraction of sp³-hybridized carbons (Fsp3) is 0.500. The average Bonchev–Trinajstić information content (AvgIpc) is 3.29. The SMILES string of the molecule is C=C(/C=C(C=O)\C=C/C)CCCOCCOCCOCCOCCC.C=CC(C/C=C/CCc1ccc(C(=O)OC)cc1)NC(=O)c1cc(NCC)ccc1NC.CCC.CO. The zero-order chi connectivity index (χ0) is 46.6. The Bertz CT molecular complexity index is 1560. The van der Waals surface area contributed by atoms with Crippen LogP contribution in [0.2, 0.25) is 0 Å². The maximum Gasteiger partial charge on any atom is 0.337 e. The number of ether oxygens (including phenoxy) is 5. The first kappa shape index (κ1) is 59.2. The Hall–Kier alpha value is -4.85. The molecular weight excluding hydrogens is 787 g/mol. The molecule has 1 amide bonds. The number of anilines is 2. The van der Waals surface area contributed by atoms with Crippen LogP contribution in [0.25, 0.3) is 0 Å². The molecule has 0 aliphatic carbocycles. The Balaban J connectivity index is 0. The summed E-state index contributed by atoms with van der Waals surface area (Å²) in [4.78, 5) is 35.1. The number of carbonyl (C=O) groups excluding carboxylic acids is 3. The second kappa shape index (κ2) is 42.8. The molecule has 0 bridgehead atoms. The molecule has 2 rings (SSSR count). The lowest BCUT2D eigenvalue weighted by Gasteiger charge is -2.16. The van der Waals surface area contributed by atoms with E-state index in [2.05, 4.69) is 62.0 Å². The summed E-state index contributed by atoms with van der Waals surface area (Å²) >= 11 is 0. The molecule has 0 saturated carbocycles. The summed E-state index contributed by atoms with van der Waals surface area (Å²) in [6.45, 7) is 23.8. The summed E-state index contributed by atoms with van der Waals surface area (Å²) in [6.07, 6.45) is 18.5. The van der Waals surface area contributed by atoms with Crippen LogP contribution in [0, 0.1) is 0 Å². The van der Waals surface area contributed by atoms with Crippen molar-refractivity contribution in [1.29, 1.82) is 0 Å². The molecule has 0 fully saturated rings. The van der Waals surface area contributed by atoms with E-state index in [0.717, 1.165) is 81.2 Å². The van der Waals surface area contributed by atoms with E-state index in [9.17, 15) is 14.4 Å². The first-order valence-corrected chi connectivity index (χ1v) is 21.7. The van der Waals surface area contributed by atoms with Gasteiger partial charge in [0.2, 0.25) is 0 Å². The van der Waals surface area contributed by atoms with Crippen LogP contribution in [0.3, 0.4) is 0 Å². The van der Waals surface area contributed by atoms with E-state index < -0.39 is 0 Å². The molecule has 2 aromatic carbocycles. The summed E-state index contributed by atoms with van der Waals surface area (Å²) in [5.41, 5.74) is 5.55. The van der Waals surface area contributed by atoms with E-state index >= 15 is 0 Å². The quantitative estimate of drug-likeness (QED) is 0.0148. The van der Waals surface area contributed by atoms with Gasteiger partial charge < -0.3 is 44.7 Å². The van der Waals surface area contributed by atoms with E-state index in [1.54, 1.807) is 31.3 Å². The Labute approximate surface area is 373 Å². The maximum atomic E-state index is 12.8. The monoisotopic (exact) mass is 866 g/mol. The molecule has 62 heavy (non-hydrogen) atoms. The van der Waals surface area contributed by atoms with E-state index in [4.69, 9.17) is 28.8 Å². The molecule has 0 aliphatic rings. The molecule has 0 heterocycles. The fourth-order valence-electron chi connectivity index (χ4n) is 5.19. The number of methoxy groups -OCH3 is 1. The Morgan fingerprint density at radius 2 is 1.45 bits per heavy atom. The summed E-state index contributed by atoms with van der Waals surface area (Å²) in [5.74, 6) is -0.470. The number of aldehydes is 1. The van der Waals surface area contributed by atoms with Gasteiger partial charge in [0.1, 0.15) is 6.29 Å². The van der Waals surface area contributed by atoms with Gasteiger partial charge in [0, 0.05) is 50.9 Å². The first-order chi connectivity index (χ1) is 30.2. The van der Waals surface area contributed by atoms with Crippen molar-refractivity contribution < 1.29 is 43.2 Å². The third-order valence-corrected chi connectivity index (χ3v) is 8.16. The molecule has 12 heteroatoms. The lowest BCUT2D eigenvalue weighted by molar-refractivity contribution is -0.104. The molecule has 0 saturated heterocycles. The number of benzene rings is 2. The fourth-order valence-corrected chi connectivity index (χ4v) is 5.19. The van der Waals surface area contributed by atoms with Crippen molar-refractivity contribution in [3.63, 3.8) is 0 Å². The predicted octanol–water partition coefficient (Wildman–Crippen LogP) is 9.34. The van der Waals surface area contributed by atoms with Crippen LogP contribution in [0.1, 0.15) is 99.4 Å². The largest absolute Gasteiger partial charge is 0.465 e. The van der Waals surface area contributed by atoms with Crippen LogP contribution in [0.4, 0.5) is 11.4 Å². The molecule has 348 valence electrons. The van der Waals surface area contributed by atoms with Gasteiger partial charge in [-0.05, 0) is 94.3 Å². The summed E-state index contributed by atoms with van der Waals surface area (Å²) in [7, 11) is 4.18. The minimum atomic E-state index is -0.329. The molecule has 1 unspecified atom stereocenters. The Morgan fingerprint density at radius 3 is 1.97 bits per heavy atom. The normalized spacial score (nSPS) is 11.2. The van der Waals surface area contributed by atoms with Crippen molar-refractivity contribution >= 4 is 29.5 Å². The number of amides is 1. The zero-order valence-electron chi connectivity index (χ0n) is 39.1. The highest BCUT2D eigenvalue weighted by atomic mass is 16.6. The summed E-state index contributed by atoms with van der Waals surface area (Å²) in [6, 6.07) is 13.0. The third kappa shape index (κ3) is 31.1. The molecule has 12 nitrogen and oxygen atoms in total. The van der Waals surface area contributed by atoms with Gasteiger partial charge in [0.25, 0.3) is 5.91 Å². The number of esters is 1. The minimum absolute atomic E-state index is 0.141. The maximum absolute atomic E-state index is 12.8. The van der Waals surface area contributed by atoms with E-state index in [1.807, 2.05) is 56.3 Å². The lowest BCUT2D eigenvalue weighted by Crippen LogP contribution is -2.33. The molecule has 1 atom stereocenters. The predicted molar refractivity (Wildman–Crippen MR) is 256 cm³/mol. The van der Waals surface area contributed by atoms with Crippen LogP contribution >= 0.6 is 0 Å². The van der Waals surface area contributed by atoms with Crippen molar-refractivity contribution in [3.8, 4) is 0 Å².